The van der Waals surface area contributed by atoms with Crippen LogP contribution < -0.4 is 4.74 Å². The normalized spacial score (nSPS) is 12.2. The summed E-state index contributed by atoms with van der Waals surface area (Å²) in [5.41, 5.74) is 0.423. The van der Waals surface area contributed by atoms with Crippen molar-refractivity contribution in [1.29, 1.82) is 0 Å². The van der Waals surface area contributed by atoms with Gasteiger partial charge in [-0.3, -0.25) is 4.79 Å². The van der Waals surface area contributed by atoms with Crippen LogP contribution in [0.1, 0.15) is 25.3 Å². The van der Waals surface area contributed by atoms with Crippen molar-refractivity contribution in [3.05, 3.63) is 29.6 Å². The van der Waals surface area contributed by atoms with Crippen molar-refractivity contribution < 1.29 is 19.0 Å². The fraction of sp³-hybridized carbons (Fsp3) is 0.462. The monoisotopic (exact) mass is 240 g/mol. The van der Waals surface area contributed by atoms with E-state index >= 15 is 0 Å². The minimum Gasteiger partial charge on any atom is -0.497 e. The van der Waals surface area contributed by atoms with Crippen molar-refractivity contribution in [1.82, 2.24) is 0 Å². The lowest BCUT2D eigenvalue weighted by molar-refractivity contribution is -0.141. The molecular weight excluding hydrogens is 223 g/mol. The molecule has 0 radical (unpaired) electrons. The smallest absolute Gasteiger partial charge is 0.306 e. The Kier molecular flexibility index (Phi) is 4.94. The lowest BCUT2D eigenvalue weighted by Crippen LogP contribution is -2.16. The van der Waals surface area contributed by atoms with Crippen LogP contribution in [0.5, 0.6) is 5.75 Å². The first kappa shape index (κ1) is 13.5. The maximum atomic E-state index is 13.6. The number of benzene rings is 1. The van der Waals surface area contributed by atoms with Gasteiger partial charge in [0, 0.05) is 6.07 Å². The summed E-state index contributed by atoms with van der Waals surface area (Å²) in [7, 11) is 1.46. The Morgan fingerprint density at radius 2 is 2.24 bits per heavy atom. The van der Waals surface area contributed by atoms with Gasteiger partial charge in [-0.15, -0.1) is 0 Å². The molecular formula is C13H17FO3. The highest BCUT2D eigenvalue weighted by Crippen LogP contribution is 2.21. The molecule has 1 rings (SSSR count). The van der Waals surface area contributed by atoms with Crippen LogP contribution in [0.15, 0.2) is 18.2 Å². The SMILES string of the molecule is CCCC(Cc1ccc(OC)cc1F)C(=O)O. The van der Waals surface area contributed by atoms with Crippen LogP contribution in [-0.4, -0.2) is 18.2 Å². The maximum Gasteiger partial charge on any atom is 0.306 e. The van der Waals surface area contributed by atoms with E-state index in [0.717, 1.165) is 6.42 Å². The molecule has 0 heterocycles. The van der Waals surface area contributed by atoms with Crippen LogP contribution in [0.3, 0.4) is 0 Å². The fourth-order valence-corrected chi connectivity index (χ4v) is 1.75. The third-order valence-electron chi connectivity index (χ3n) is 2.71. The molecule has 1 aromatic rings. The number of rotatable bonds is 6. The van der Waals surface area contributed by atoms with Crippen LogP contribution in [0.2, 0.25) is 0 Å². The number of carboxylic acids is 1. The second-order valence-electron chi connectivity index (χ2n) is 3.99. The first-order valence-corrected chi connectivity index (χ1v) is 5.63. The van der Waals surface area contributed by atoms with E-state index in [1.54, 1.807) is 12.1 Å². The molecule has 0 aliphatic heterocycles. The Bertz CT molecular complexity index is 390. The lowest BCUT2D eigenvalue weighted by Gasteiger charge is -2.12. The van der Waals surface area contributed by atoms with Crippen LogP contribution >= 0.6 is 0 Å². The molecule has 0 saturated carbocycles. The molecule has 94 valence electrons. The van der Waals surface area contributed by atoms with Crippen LogP contribution in [-0.2, 0) is 11.2 Å². The number of aliphatic carboxylic acids is 1. The van der Waals surface area contributed by atoms with Gasteiger partial charge in [-0.2, -0.15) is 0 Å². The summed E-state index contributed by atoms with van der Waals surface area (Å²) >= 11 is 0. The Balaban J connectivity index is 2.82. The molecule has 0 fully saturated rings. The van der Waals surface area contributed by atoms with Crippen molar-refractivity contribution in [2.45, 2.75) is 26.2 Å². The van der Waals surface area contributed by atoms with Gasteiger partial charge in [0.2, 0.25) is 0 Å². The largest absolute Gasteiger partial charge is 0.497 e. The zero-order valence-electron chi connectivity index (χ0n) is 10.1. The molecule has 0 aliphatic carbocycles. The average molecular weight is 240 g/mol. The van der Waals surface area contributed by atoms with E-state index in [-0.39, 0.29) is 6.42 Å². The predicted octanol–water partition coefficient (Wildman–Crippen LogP) is 2.88. The number of carboxylic acid groups (broad SMARTS) is 1. The third-order valence-corrected chi connectivity index (χ3v) is 2.71. The van der Waals surface area contributed by atoms with E-state index < -0.39 is 17.7 Å². The standard InChI is InChI=1S/C13H17FO3/c1-3-4-10(13(15)16)7-9-5-6-11(17-2)8-12(9)14/h5-6,8,10H,3-4,7H2,1-2H3,(H,15,16). The maximum absolute atomic E-state index is 13.6. The second-order valence-corrected chi connectivity index (χ2v) is 3.99. The molecule has 1 unspecified atom stereocenters. The van der Waals surface area contributed by atoms with Crippen molar-refractivity contribution in [2.75, 3.05) is 7.11 Å². The van der Waals surface area contributed by atoms with Crippen LogP contribution in [0.25, 0.3) is 0 Å². The van der Waals surface area contributed by atoms with Gasteiger partial charge < -0.3 is 9.84 Å². The highest BCUT2D eigenvalue weighted by Gasteiger charge is 2.18. The van der Waals surface area contributed by atoms with Gasteiger partial charge in [-0.05, 0) is 24.5 Å². The molecule has 4 heteroatoms. The quantitative estimate of drug-likeness (QED) is 0.831. The molecule has 3 nitrogen and oxygen atoms in total. The molecule has 0 saturated heterocycles. The predicted molar refractivity (Wildman–Crippen MR) is 62.7 cm³/mol. The second kappa shape index (κ2) is 6.23. The van der Waals surface area contributed by atoms with E-state index in [1.165, 1.54) is 13.2 Å². The molecule has 1 aromatic carbocycles. The molecule has 0 amide bonds. The summed E-state index contributed by atoms with van der Waals surface area (Å²) in [5, 5.41) is 9.01. The molecule has 0 bridgehead atoms. The number of hydrogen-bond acceptors (Lipinski definition) is 2. The summed E-state index contributed by atoms with van der Waals surface area (Å²) in [6, 6.07) is 4.50. The van der Waals surface area contributed by atoms with Gasteiger partial charge in [0.25, 0.3) is 0 Å². The zero-order valence-corrected chi connectivity index (χ0v) is 10.1. The van der Waals surface area contributed by atoms with Gasteiger partial charge >= 0.3 is 5.97 Å². The highest BCUT2D eigenvalue weighted by molar-refractivity contribution is 5.70. The van der Waals surface area contributed by atoms with Gasteiger partial charge in [-0.25, -0.2) is 4.39 Å². The Hall–Kier alpha value is -1.58. The van der Waals surface area contributed by atoms with E-state index in [4.69, 9.17) is 9.84 Å². The summed E-state index contributed by atoms with van der Waals surface area (Å²) < 4.78 is 18.5. The summed E-state index contributed by atoms with van der Waals surface area (Å²) in [6.45, 7) is 1.92. The minimum atomic E-state index is -0.873. The molecule has 1 N–H and O–H groups in total. The lowest BCUT2D eigenvalue weighted by atomic mass is 9.95. The summed E-state index contributed by atoms with van der Waals surface area (Å²) in [4.78, 5) is 11.0. The van der Waals surface area contributed by atoms with Gasteiger partial charge in [-0.1, -0.05) is 19.4 Å². The first-order chi connectivity index (χ1) is 8.08. The first-order valence-electron chi connectivity index (χ1n) is 5.63. The number of ether oxygens (including phenoxy) is 1. The van der Waals surface area contributed by atoms with Crippen molar-refractivity contribution in [3.63, 3.8) is 0 Å². The van der Waals surface area contributed by atoms with Gasteiger partial charge in [0.05, 0.1) is 13.0 Å². The summed E-state index contributed by atoms with van der Waals surface area (Å²) in [5.74, 6) is -1.37. The minimum absolute atomic E-state index is 0.221. The Morgan fingerprint density at radius 3 is 2.71 bits per heavy atom. The molecule has 1 atom stereocenters. The average Bonchev–Trinajstić information content (AvgIpc) is 2.30. The van der Waals surface area contributed by atoms with E-state index in [1.807, 2.05) is 6.92 Å². The number of carbonyl (C=O) groups is 1. The Labute approximate surface area is 100 Å². The van der Waals surface area contributed by atoms with E-state index in [0.29, 0.717) is 17.7 Å². The van der Waals surface area contributed by atoms with Gasteiger partial charge in [0.15, 0.2) is 0 Å². The van der Waals surface area contributed by atoms with Crippen molar-refractivity contribution in [3.8, 4) is 5.75 Å². The highest BCUT2D eigenvalue weighted by atomic mass is 19.1. The van der Waals surface area contributed by atoms with Gasteiger partial charge in [0.1, 0.15) is 11.6 Å². The van der Waals surface area contributed by atoms with E-state index in [9.17, 15) is 9.18 Å². The van der Waals surface area contributed by atoms with Crippen LogP contribution in [0, 0.1) is 11.7 Å². The number of methoxy groups -OCH3 is 1. The number of halogens is 1. The van der Waals surface area contributed by atoms with Crippen molar-refractivity contribution >= 4 is 5.97 Å². The fourth-order valence-electron chi connectivity index (χ4n) is 1.75. The third kappa shape index (κ3) is 3.73. The summed E-state index contributed by atoms with van der Waals surface area (Å²) in [6.07, 6.45) is 1.55. The van der Waals surface area contributed by atoms with Crippen molar-refractivity contribution in [2.24, 2.45) is 5.92 Å². The number of hydrogen-bond donors (Lipinski definition) is 1. The molecule has 0 aliphatic rings. The Morgan fingerprint density at radius 1 is 1.53 bits per heavy atom. The molecule has 17 heavy (non-hydrogen) atoms. The van der Waals surface area contributed by atoms with E-state index in [2.05, 4.69) is 0 Å². The zero-order chi connectivity index (χ0) is 12.8. The topological polar surface area (TPSA) is 46.5 Å². The molecule has 0 spiro atoms. The van der Waals surface area contributed by atoms with Crippen LogP contribution in [0.4, 0.5) is 4.39 Å². The molecule has 0 aromatic heterocycles.